The Hall–Kier alpha value is -0.550. The highest BCUT2D eigenvalue weighted by atomic mass is 15.1. The van der Waals surface area contributed by atoms with E-state index >= 15 is 0 Å². The van der Waals surface area contributed by atoms with Crippen molar-refractivity contribution < 1.29 is 0 Å². The van der Waals surface area contributed by atoms with Crippen LogP contribution in [-0.4, -0.2) is 12.1 Å². The van der Waals surface area contributed by atoms with Crippen LogP contribution in [0.2, 0.25) is 0 Å². The van der Waals surface area contributed by atoms with Gasteiger partial charge in [0.2, 0.25) is 0 Å². The van der Waals surface area contributed by atoms with Crippen molar-refractivity contribution in [3.8, 4) is 6.07 Å². The number of hydrogen-bond donors (Lipinski definition) is 1. The largest absolute Gasteiger partial charge is 0.299 e. The average molecular weight is 138 g/mol. The lowest BCUT2D eigenvalue weighted by Gasteiger charge is -2.11. The summed E-state index contributed by atoms with van der Waals surface area (Å²) < 4.78 is 0. The topological polar surface area (TPSA) is 35.8 Å². The quantitative estimate of drug-likeness (QED) is 0.624. The average Bonchev–Trinajstić information content (AvgIpc) is 2.37. The second-order valence-corrected chi connectivity index (χ2v) is 3.61. The van der Waals surface area contributed by atoms with Gasteiger partial charge < -0.3 is 0 Å². The molecule has 1 saturated carbocycles. The second-order valence-electron chi connectivity index (χ2n) is 3.61. The van der Waals surface area contributed by atoms with Gasteiger partial charge >= 0.3 is 0 Å². The minimum absolute atomic E-state index is 0.192. The summed E-state index contributed by atoms with van der Waals surface area (Å²) in [5.74, 6) is 0. The first-order valence-corrected chi connectivity index (χ1v) is 3.74. The van der Waals surface area contributed by atoms with Crippen molar-refractivity contribution in [1.29, 1.82) is 5.26 Å². The van der Waals surface area contributed by atoms with E-state index in [0.29, 0.717) is 0 Å². The lowest BCUT2D eigenvalue weighted by atomic mass is 10.1. The number of hydrogen-bond acceptors (Lipinski definition) is 2. The molecule has 0 aromatic heterocycles. The van der Waals surface area contributed by atoms with E-state index in [0.717, 1.165) is 13.0 Å². The van der Waals surface area contributed by atoms with Gasteiger partial charge in [0, 0.05) is 0 Å². The Morgan fingerprint density at radius 2 is 2.10 bits per heavy atom. The SMILES string of the molecule is CCNC1(C#N)CC1(C)C. The van der Waals surface area contributed by atoms with Crippen molar-refractivity contribution in [1.82, 2.24) is 5.32 Å². The van der Waals surface area contributed by atoms with Crippen molar-refractivity contribution >= 4 is 0 Å². The molecule has 56 valence electrons. The summed E-state index contributed by atoms with van der Waals surface area (Å²) in [5, 5.41) is 12.0. The van der Waals surface area contributed by atoms with Crippen LogP contribution in [-0.2, 0) is 0 Å². The van der Waals surface area contributed by atoms with Gasteiger partial charge in [0.15, 0.2) is 0 Å². The molecule has 2 heteroatoms. The fraction of sp³-hybridized carbons (Fsp3) is 0.875. The molecular weight excluding hydrogens is 124 g/mol. The van der Waals surface area contributed by atoms with Gasteiger partial charge in [0.25, 0.3) is 0 Å². The van der Waals surface area contributed by atoms with Crippen molar-refractivity contribution in [2.75, 3.05) is 6.54 Å². The van der Waals surface area contributed by atoms with Crippen LogP contribution in [0.4, 0.5) is 0 Å². The first-order valence-electron chi connectivity index (χ1n) is 3.74. The first-order chi connectivity index (χ1) is 4.58. The molecule has 1 N–H and O–H groups in total. The van der Waals surface area contributed by atoms with Gasteiger partial charge in [-0.15, -0.1) is 0 Å². The minimum Gasteiger partial charge on any atom is -0.299 e. The summed E-state index contributed by atoms with van der Waals surface area (Å²) in [7, 11) is 0. The predicted octanol–water partition coefficient (Wildman–Crippen LogP) is 1.29. The van der Waals surface area contributed by atoms with E-state index in [9.17, 15) is 0 Å². The fourth-order valence-electron chi connectivity index (χ4n) is 1.45. The van der Waals surface area contributed by atoms with E-state index in [2.05, 4.69) is 25.2 Å². The zero-order valence-corrected chi connectivity index (χ0v) is 6.86. The predicted molar refractivity (Wildman–Crippen MR) is 40.4 cm³/mol. The zero-order chi connectivity index (χ0) is 7.83. The van der Waals surface area contributed by atoms with Crippen LogP contribution < -0.4 is 5.32 Å². The monoisotopic (exact) mass is 138 g/mol. The standard InChI is InChI=1S/C8H14N2/c1-4-10-8(6-9)5-7(8,2)3/h10H,4-5H2,1-3H3. The normalized spacial score (nSPS) is 35.0. The third kappa shape index (κ3) is 0.819. The number of nitrogens with zero attached hydrogens (tertiary/aromatic N) is 1. The van der Waals surface area contributed by atoms with E-state index in [1.54, 1.807) is 0 Å². The Kier molecular flexibility index (Phi) is 1.48. The van der Waals surface area contributed by atoms with Gasteiger partial charge in [-0.25, -0.2) is 0 Å². The maximum Gasteiger partial charge on any atom is 0.112 e. The molecule has 1 aliphatic carbocycles. The molecule has 0 saturated heterocycles. The molecule has 1 atom stereocenters. The zero-order valence-electron chi connectivity index (χ0n) is 6.86. The molecule has 0 spiro atoms. The van der Waals surface area contributed by atoms with Crippen molar-refractivity contribution in [2.45, 2.75) is 32.7 Å². The summed E-state index contributed by atoms with van der Waals surface area (Å²) in [6.45, 7) is 7.17. The van der Waals surface area contributed by atoms with Gasteiger partial charge in [-0.3, -0.25) is 5.32 Å². The van der Waals surface area contributed by atoms with E-state index in [4.69, 9.17) is 5.26 Å². The molecule has 0 amide bonds. The molecule has 0 radical (unpaired) electrons. The van der Waals surface area contributed by atoms with E-state index in [1.807, 2.05) is 6.92 Å². The first kappa shape index (κ1) is 7.56. The van der Waals surface area contributed by atoms with Crippen molar-refractivity contribution in [3.63, 3.8) is 0 Å². The third-order valence-electron chi connectivity index (χ3n) is 2.41. The summed E-state index contributed by atoms with van der Waals surface area (Å²) in [6.07, 6.45) is 0.990. The highest BCUT2D eigenvalue weighted by Crippen LogP contribution is 2.54. The highest BCUT2D eigenvalue weighted by molar-refractivity contribution is 5.29. The van der Waals surface area contributed by atoms with E-state index in [1.165, 1.54) is 0 Å². The molecule has 1 unspecified atom stereocenters. The van der Waals surface area contributed by atoms with Crippen LogP contribution in [0, 0.1) is 16.7 Å². The van der Waals surface area contributed by atoms with Crippen LogP contribution >= 0.6 is 0 Å². The Morgan fingerprint density at radius 1 is 1.60 bits per heavy atom. The number of nitrogens with one attached hydrogen (secondary N) is 1. The van der Waals surface area contributed by atoms with E-state index in [-0.39, 0.29) is 11.0 Å². The van der Waals surface area contributed by atoms with Gasteiger partial charge in [-0.2, -0.15) is 5.26 Å². The van der Waals surface area contributed by atoms with Crippen molar-refractivity contribution in [2.24, 2.45) is 5.41 Å². The molecule has 1 aliphatic rings. The summed E-state index contributed by atoms with van der Waals surface area (Å²) in [6, 6.07) is 2.33. The Morgan fingerprint density at radius 3 is 2.20 bits per heavy atom. The summed E-state index contributed by atoms with van der Waals surface area (Å²) >= 11 is 0. The molecule has 10 heavy (non-hydrogen) atoms. The molecule has 1 rings (SSSR count). The minimum atomic E-state index is -0.207. The molecule has 0 aromatic rings. The number of rotatable bonds is 2. The van der Waals surface area contributed by atoms with Gasteiger partial charge in [-0.1, -0.05) is 20.8 Å². The number of nitriles is 1. The van der Waals surface area contributed by atoms with Crippen LogP contribution in [0.15, 0.2) is 0 Å². The molecule has 0 aromatic carbocycles. The fourth-order valence-corrected chi connectivity index (χ4v) is 1.45. The van der Waals surface area contributed by atoms with Gasteiger partial charge in [-0.05, 0) is 18.4 Å². The Labute approximate surface area is 62.2 Å². The van der Waals surface area contributed by atoms with E-state index < -0.39 is 0 Å². The molecule has 0 heterocycles. The third-order valence-corrected chi connectivity index (χ3v) is 2.41. The smallest absolute Gasteiger partial charge is 0.112 e. The molecule has 0 bridgehead atoms. The van der Waals surface area contributed by atoms with Gasteiger partial charge in [0.05, 0.1) is 6.07 Å². The Balaban J connectivity index is 2.62. The van der Waals surface area contributed by atoms with Crippen molar-refractivity contribution in [3.05, 3.63) is 0 Å². The molecule has 0 aliphatic heterocycles. The maximum atomic E-state index is 8.81. The van der Waals surface area contributed by atoms with Crippen LogP contribution in [0.25, 0.3) is 0 Å². The lowest BCUT2D eigenvalue weighted by molar-refractivity contribution is 0.484. The second kappa shape index (κ2) is 1.96. The highest BCUT2D eigenvalue weighted by Gasteiger charge is 2.61. The summed E-state index contributed by atoms with van der Waals surface area (Å²) in [4.78, 5) is 0. The molecular formula is C8H14N2. The summed E-state index contributed by atoms with van der Waals surface area (Å²) in [5.41, 5.74) is -0.0144. The van der Waals surface area contributed by atoms with Crippen LogP contribution in [0.1, 0.15) is 27.2 Å². The lowest BCUT2D eigenvalue weighted by Crippen LogP contribution is -2.33. The molecule has 2 nitrogen and oxygen atoms in total. The van der Waals surface area contributed by atoms with Crippen LogP contribution in [0.3, 0.4) is 0 Å². The van der Waals surface area contributed by atoms with Crippen LogP contribution in [0.5, 0.6) is 0 Å². The maximum absolute atomic E-state index is 8.81. The Bertz CT molecular complexity index is 178. The molecule has 1 fully saturated rings. The van der Waals surface area contributed by atoms with Gasteiger partial charge in [0.1, 0.15) is 5.54 Å².